The Morgan fingerprint density at radius 3 is 2.94 bits per heavy atom. The van der Waals surface area contributed by atoms with Crippen LogP contribution >= 0.6 is 0 Å². The van der Waals surface area contributed by atoms with Crippen molar-refractivity contribution in [2.24, 2.45) is 11.3 Å². The number of likely N-dealkylation sites (tertiary alicyclic amines) is 1. The summed E-state index contributed by atoms with van der Waals surface area (Å²) < 4.78 is 4.76. The smallest absolute Gasteiger partial charge is 0.310 e. The fourth-order valence-corrected chi connectivity index (χ4v) is 2.54. The molecule has 2 fully saturated rings. The van der Waals surface area contributed by atoms with Crippen LogP contribution in [0.2, 0.25) is 0 Å². The number of carbonyl (C=O) groups excluding carboxylic acids is 1. The Kier molecular flexibility index (Phi) is 3.15. The highest BCUT2D eigenvalue weighted by Crippen LogP contribution is 2.49. The minimum atomic E-state index is -0.0902. The molecule has 0 bridgehead atoms. The molecule has 1 aliphatic carbocycles. The summed E-state index contributed by atoms with van der Waals surface area (Å²) in [7, 11) is 1.45. The molecule has 16 heavy (non-hydrogen) atoms. The van der Waals surface area contributed by atoms with E-state index in [9.17, 15) is 4.79 Å². The largest absolute Gasteiger partial charge is 0.469 e. The quantitative estimate of drug-likeness (QED) is 0.670. The Morgan fingerprint density at radius 2 is 2.38 bits per heavy atom. The molecule has 0 aromatic carbocycles. The molecule has 2 rings (SSSR count). The highest BCUT2D eigenvalue weighted by molar-refractivity contribution is 5.72. The van der Waals surface area contributed by atoms with E-state index in [1.54, 1.807) is 0 Å². The molecule has 2 aliphatic rings. The predicted molar refractivity (Wildman–Crippen MR) is 58.5 cm³/mol. The first-order valence-electron chi connectivity index (χ1n) is 5.86. The number of nitriles is 1. The van der Waals surface area contributed by atoms with E-state index in [2.05, 4.69) is 11.0 Å². The first-order valence-corrected chi connectivity index (χ1v) is 5.86. The first-order chi connectivity index (χ1) is 7.69. The van der Waals surface area contributed by atoms with E-state index in [4.69, 9.17) is 10.00 Å². The van der Waals surface area contributed by atoms with Crippen LogP contribution in [0.1, 0.15) is 25.7 Å². The number of carbonyl (C=O) groups is 1. The van der Waals surface area contributed by atoms with Crippen LogP contribution in [0.4, 0.5) is 0 Å². The maximum Gasteiger partial charge on any atom is 0.310 e. The zero-order valence-electron chi connectivity index (χ0n) is 9.74. The second kappa shape index (κ2) is 4.42. The van der Waals surface area contributed by atoms with Crippen LogP contribution in [0.15, 0.2) is 0 Å². The number of methoxy groups -OCH3 is 1. The monoisotopic (exact) mass is 222 g/mol. The molecule has 0 aromatic rings. The van der Waals surface area contributed by atoms with Gasteiger partial charge in [0.15, 0.2) is 0 Å². The van der Waals surface area contributed by atoms with Gasteiger partial charge in [0.25, 0.3) is 0 Å². The fourth-order valence-electron chi connectivity index (χ4n) is 2.54. The number of rotatable bonds is 4. The Labute approximate surface area is 96.2 Å². The zero-order chi connectivity index (χ0) is 11.6. The van der Waals surface area contributed by atoms with Gasteiger partial charge in [0.05, 0.1) is 19.1 Å². The second-order valence-electron chi connectivity index (χ2n) is 5.08. The van der Waals surface area contributed by atoms with E-state index >= 15 is 0 Å². The molecule has 0 amide bonds. The van der Waals surface area contributed by atoms with Crippen molar-refractivity contribution >= 4 is 5.97 Å². The van der Waals surface area contributed by atoms with Gasteiger partial charge in [-0.1, -0.05) is 0 Å². The van der Waals surface area contributed by atoms with Crippen molar-refractivity contribution < 1.29 is 9.53 Å². The molecule has 1 heterocycles. The van der Waals surface area contributed by atoms with E-state index in [-0.39, 0.29) is 17.3 Å². The molecule has 0 radical (unpaired) electrons. The third-order valence-electron chi connectivity index (χ3n) is 3.78. The summed E-state index contributed by atoms with van der Waals surface area (Å²) in [6, 6.07) is 2.27. The Balaban J connectivity index is 1.81. The Bertz CT molecular complexity index is 317. The lowest BCUT2D eigenvalue weighted by atomic mass is 10.0. The molecule has 4 heteroatoms. The van der Waals surface area contributed by atoms with Gasteiger partial charge in [0.2, 0.25) is 0 Å². The van der Waals surface area contributed by atoms with Gasteiger partial charge in [-0.05, 0) is 31.2 Å². The van der Waals surface area contributed by atoms with Gasteiger partial charge in [0, 0.05) is 19.5 Å². The van der Waals surface area contributed by atoms with Crippen LogP contribution in [0.25, 0.3) is 0 Å². The second-order valence-corrected chi connectivity index (χ2v) is 5.08. The van der Waals surface area contributed by atoms with Crippen LogP contribution in [-0.2, 0) is 9.53 Å². The predicted octanol–water partition coefficient (Wildman–Crippen LogP) is 1.18. The molecule has 0 N–H and O–H groups in total. The van der Waals surface area contributed by atoms with Crippen molar-refractivity contribution in [3.05, 3.63) is 0 Å². The van der Waals surface area contributed by atoms with Crippen molar-refractivity contribution in [2.75, 3.05) is 26.7 Å². The van der Waals surface area contributed by atoms with E-state index in [1.165, 1.54) is 20.0 Å². The number of esters is 1. The molecule has 1 saturated carbocycles. The summed E-state index contributed by atoms with van der Waals surface area (Å²) in [6.07, 6.45) is 3.89. The maximum absolute atomic E-state index is 11.4. The number of hydrogen-bond acceptors (Lipinski definition) is 4. The topological polar surface area (TPSA) is 53.3 Å². The number of ether oxygens (including phenoxy) is 1. The molecular weight excluding hydrogens is 204 g/mol. The van der Waals surface area contributed by atoms with Gasteiger partial charge >= 0.3 is 5.97 Å². The summed E-state index contributed by atoms with van der Waals surface area (Å²) in [6.45, 7) is 2.75. The molecule has 0 spiro atoms. The van der Waals surface area contributed by atoms with E-state index in [1.807, 2.05) is 0 Å². The van der Waals surface area contributed by atoms with Gasteiger partial charge in [-0.15, -0.1) is 0 Å². The molecule has 1 unspecified atom stereocenters. The normalized spacial score (nSPS) is 27.4. The Hall–Kier alpha value is -1.08. The van der Waals surface area contributed by atoms with Crippen LogP contribution in [0.3, 0.4) is 0 Å². The summed E-state index contributed by atoms with van der Waals surface area (Å²) in [5, 5.41) is 8.75. The van der Waals surface area contributed by atoms with Crippen LogP contribution in [0.5, 0.6) is 0 Å². The average Bonchev–Trinajstić information content (AvgIpc) is 2.87. The summed E-state index contributed by atoms with van der Waals surface area (Å²) >= 11 is 0. The van der Waals surface area contributed by atoms with Gasteiger partial charge in [-0.25, -0.2) is 0 Å². The van der Waals surface area contributed by atoms with Crippen LogP contribution < -0.4 is 0 Å². The minimum absolute atomic E-state index is 0.0443. The van der Waals surface area contributed by atoms with E-state index in [0.717, 1.165) is 26.1 Å². The number of nitrogens with zero attached hydrogens (tertiary/aromatic N) is 2. The van der Waals surface area contributed by atoms with Gasteiger partial charge in [-0.3, -0.25) is 4.79 Å². The summed E-state index contributed by atoms with van der Waals surface area (Å²) in [5.74, 6) is -0.0458. The summed E-state index contributed by atoms with van der Waals surface area (Å²) in [4.78, 5) is 13.7. The average molecular weight is 222 g/mol. The van der Waals surface area contributed by atoms with Crippen molar-refractivity contribution in [2.45, 2.75) is 25.7 Å². The van der Waals surface area contributed by atoms with Gasteiger partial charge in [0.1, 0.15) is 0 Å². The zero-order valence-corrected chi connectivity index (χ0v) is 9.74. The standard InChI is InChI=1S/C12H18N2O2/c1-16-11(15)10-2-7-14(8-10)9-12(3-4-12)5-6-13/h10H,2-5,7-9H2,1H3. The minimum Gasteiger partial charge on any atom is -0.469 e. The highest BCUT2D eigenvalue weighted by Gasteiger charge is 2.45. The molecule has 1 atom stereocenters. The fraction of sp³-hybridized carbons (Fsp3) is 0.833. The molecule has 4 nitrogen and oxygen atoms in total. The summed E-state index contributed by atoms with van der Waals surface area (Å²) in [5.41, 5.74) is 0.250. The van der Waals surface area contributed by atoms with Crippen molar-refractivity contribution in [1.82, 2.24) is 4.90 Å². The number of hydrogen-bond donors (Lipinski definition) is 0. The third-order valence-corrected chi connectivity index (χ3v) is 3.78. The first kappa shape index (κ1) is 11.4. The lowest BCUT2D eigenvalue weighted by Gasteiger charge is -2.21. The van der Waals surface area contributed by atoms with Crippen molar-refractivity contribution in [3.63, 3.8) is 0 Å². The lowest BCUT2D eigenvalue weighted by molar-refractivity contribution is -0.144. The van der Waals surface area contributed by atoms with E-state index < -0.39 is 0 Å². The molecule has 1 aliphatic heterocycles. The van der Waals surface area contributed by atoms with Crippen LogP contribution in [0, 0.1) is 22.7 Å². The third kappa shape index (κ3) is 2.35. The highest BCUT2D eigenvalue weighted by atomic mass is 16.5. The van der Waals surface area contributed by atoms with E-state index in [0.29, 0.717) is 6.42 Å². The van der Waals surface area contributed by atoms with Crippen LogP contribution in [-0.4, -0.2) is 37.6 Å². The maximum atomic E-state index is 11.4. The van der Waals surface area contributed by atoms with Crippen molar-refractivity contribution in [1.29, 1.82) is 5.26 Å². The lowest BCUT2D eigenvalue weighted by Crippen LogP contribution is -2.29. The molecular formula is C12H18N2O2. The van der Waals surface area contributed by atoms with Crippen molar-refractivity contribution in [3.8, 4) is 6.07 Å². The Morgan fingerprint density at radius 1 is 1.62 bits per heavy atom. The molecule has 0 aromatic heterocycles. The van der Waals surface area contributed by atoms with Gasteiger partial charge in [-0.2, -0.15) is 5.26 Å². The van der Waals surface area contributed by atoms with Gasteiger partial charge < -0.3 is 9.64 Å². The molecule has 1 saturated heterocycles. The molecule has 88 valence electrons. The SMILES string of the molecule is COC(=O)C1CCN(CC2(CC#N)CC2)C1.